The number of carboxylic acids is 1. The van der Waals surface area contributed by atoms with Crippen LogP contribution in [0.25, 0.3) is 0 Å². The predicted octanol–water partition coefficient (Wildman–Crippen LogP) is 4.16. The summed E-state index contributed by atoms with van der Waals surface area (Å²) in [6.07, 6.45) is 8.09. The van der Waals surface area contributed by atoms with E-state index in [1.807, 2.05) is 63.8 Å². The molecule has 1 aliphatic rings. The SMILES string of the molecule is C=C(CN)C(=O)CN1CCOc2ccc(CNC(=O)c3cc(C(=O)NC(/C=C/C)CC/C=C/CC(=O)O)n[nH]3)cc21.CC.CC. The molecule has 1 aliphatic heterocycles. The predicted molar refractivity (Wildman–Crippen MR) is 177 cm³/mol. The molecule has 246 valence electrons. The molecule has 1 aromatic carbocycles. The van der Waals surface area contributed by atoms with Crippen molar-refractivity contribution in [3.05, 3.63) is 77.7 Å². The average molecular weight is 625 g/mol. The van der Waals surface area contributed by atoms with E-state index in [9.17, 15) is 19.2 Å². The number of ether oxygens (including phenoxy) is 1. The summed E-state index contributed by atoms with van der Waals surface area (Å²) in [5, 5.41) is 20.9. The molecule has 2 heterocycles. The van der Waals surface area contributed by atoms with Crippen molar-refractivity contribution < 1.29 is 29.0 Å². The Balaban J connectivity index is 0.00000243. The van der Waals surface area contributed by atoms with Crippen LogP contribution < -0.4 is 26.0 Å². The first kappa shape index (κ1) is 38.3. The number of carboxylic acid groups (broad SMARTS) is 1. The number of nitrogens with zero attached hydrogens (tertiary/aromatic N) is 2. The number of aliphatic carboxylic acids is 1. The fourth-order valence-electron chi connectivity index (χ4n) is 4.09. The van der Waals surface area contributed by atoms with Crippen LogP contribution >= 0.6 is 0 Å². The van der Waals surface area contributed by atoms with E-state index >= 15 is 0 Å². The van der Waals surface area contributed by atoms with Crippen molar-refractivity contribution in [1.29, 1.82) is 0 Å². The number of rotatable bonds is 15. The van der Waals surface area contributed by atoms with E-state index in [2.05, 4.69) is 27.4 Å². The zero-order chi connectivity index (χ0) is 33.8. The molecule has 0 saturated heterocycles. The number of nitrogens with two attached hydrogens (primary N) is 1. The van der Waals surface area contributed by atoms with E-state index in [-0.39, 0.29) is 49.3 Å². The Morgan fingerprint density at radius 3 is 2.56 bits per heavy atom. The van der Waals surface area contributed by atoms with Gasteiger partial charge in [-0.25, -0.2) is 0 Å². The summed E-state index contributed by atoms with van der Waals surface area (Å²) in [4.78, 5) is 50.4. The number of aromatic amines is 1. The molecule has 0 fully saturated rings. The number of anilines is 1. The molecular formula is C33H48N6O6. The van der Waals surface area contributed by atoms with Gasteiger partial charge in [-0.3, -0.25) is 24.3 Å². The maximum atomic E-state index is 12.8. The molecule has 0 spiro atoms. The molecule has 12 nitrogen and oxygen atoms in total. The molecule has 2 amide bonds. The molecule has 0 saturated carbocycles. The lowest BCUT2D eigenvalue weighted by atomic mass is 10.1. The van der Waals surface area contributed by atoms with Crippen LogP contribution in [-0.2, 0) is 16.1 Å². The van der Waals surface area contributed by atoms with E-state index in [4.69, 9.17) is 15.6 Å². The van der Waals surface area contributed by atoms with Gasteiger partial charge >= 0.3 is 5.97 Å². The Labute approximate surface area is 265 Å². The lowest BCUT2D eigenvalue weighted by molar-refractivity contribution is -0.136. The minimum Gasteiger partial charge on any atom is -0.490 e. The van der Waals surface area contributed by atoms with Gasteiger partial charge in [-0.1, -0.05) is 64.6 Å². The lowest BCUT2D eigenvalue weighted by Crippen LogP contribution is -2.38. The van der Waals surface area contributed by atoms with E-state index in [1.165, 1.54) is 6.07 Å². The second-order valence-corrected chi connectivity index (χ2v) is 9.40. The number of hydrogen-bond donors (Lipinski definition) is 5. The first-order valence-corrected chi connectivity index (χ1v) is 15.3. The summed E-state index contributed by atoms with van der Waals surface area (Å²) in [5.74, 6) is -1.28. The van der Waals surface area contributed by atoms with Gasteiger partial charge in [0.05, 0.1) is 25.2 Å². The van der Waals surface area contributed by atoms with Crippen molar-refractivity contribution in [2.45, 2.75) is 66.5 Å². The van der Waals surface area contributed by atoms with E-state index in [0.717, 1.165) is 11.3 Å². The Morgan fingerprint density at radius 1 is 1.16 bits per heavy atom. The molecule has 1 atom stereocenters. The molecule has 1 unspecified atom stereocenters. The van der Waals surface area contributed by atoms with Crippen LogP contribution in [0.3, 0.4) is 0 Å². The highest BCUT2D eigenvalue weighted by Crippen LogP contribution is 2.32. The van der Waals surface area contributed by atoms with Crippen molar-refractivity contribution in [3.8, 4) is 5.75 Å². The van der Waals surface area contributed by atoms with Crippen LogP contribution in [0.4, 0.5) is 5.69 Å². The van der Waals surface area contributed by atoms with Gasteiger partial charge < -0.3 is 31.1 Å². The number of benzene rings is 1. The number of ketones is 1. The van der Waals surface area contributed by atoms with Crippen LogP contribution in [0.2, 0.25) is 0 Å². The molecule has 0 bridgehead atoms. The maximum absolute atomic E-state index is 12.8. The number of Topliss-reactive ketones (excluding diaryl/α,β-unsaturated/α-hetero) is 1. The quantitative estimate of drug-likeness (QED) is 0.144. The van der Waals surface area contributed by atoms with Crippen LogP contribution in [-0.4, -0.2) is 71.2 Å². The zero-order valence-electron chi connectivity index (χ0n) is 27.0. The first-order valence-electron chi connectivity index (χ1n) is 15.3. The summed E-state index contributed by atoms with van der Waals surface area (Å²) in [7, 11) is 0. The van der Waals surface area contributed by atoms with Gasteiger partial charge in [0.1, 0.15) is 18.1 Å². The number of H-pyrrole nitrogens is 1. The zero-order valence-corrected chi connectivity index (χ0v) is 27.0. The maximum Gasteiger partial charge on any atom is 0.307 e. The largest absolute Gasteiger partial charge is 0.490 e. The molecule has 45 heavy (non-hydrogen) atoms. The highest BCUT2D eigenvalue weighted by Gasteiger charge is 2.22. The van der Waals surface area contributed by atoms with Crippen LogP contribution in [0.15, 0.2) is 60.7 Å². The molecular weight excluding hydrogens is 576 g/mol. The normalized spacial score (nSPS) is 12.5. The van der Waals surface area contributed by atoms with Gasteiger partial charge in [-0.15, -0.1) is 0 Å². The van der Waals surface area contributed by atoms with Crippen molar-refractivity contribution in [1.82, 2.24) is 20.8 Å². The second kappa shape index (κ2) is 21.1. The minimum atomic E-state index is -0.902. The van der Waals surface area contributed by atoms with Gasteiger partial charge in [0.2, 0.25) is 0 Å². The standard InChI is InChI=1S/C29H36N6O6.2C2H6/c1-3-7-21(8-5-4-6-9-27(37)38)32-29(40)23-15-22(33-34-23)28(39)31-17-20-10-11-26-24(14-20)35(12-13-41-26)18-25(36)19(2)16-30;2*1-2/h3-4,6-7,10-11,14-15,21H,2,5,8-9,12-13,16-18,30H2,1H3,(H,31,39)(H,32,40)(H,33,34)(H,37,38);2*1-2H3/b6-4+,7-3+;;. The van der Waals surface area contributed by atoms with Crippen molar-refractivity contribution >= 4 is 29.3 Å². The Hall–Kier alpha value is -4.71. The number of amides is 2. The van der Waals surface area contributed by atoms with Crippen molar-refractivity contribution in [3.63, 3.8) is 0 Å². The fraction of sp³-hybridized carbons (Fsp3) is 0.424. The third-order valence-corrected chi connectivity index (χ3v) is 6.31. The Kier molecular flexibility index (Phi) is 17.9. The number of carbonyl (C=O) groups excluding carboxylic acids is 3. The lowest BCUT2D eigenvalue weighted by Gasteiger charge is -2.31. The first-order chi connectivity index (χ1) is 21.7. The van der Waals surface area contributed by atoms with E-state index in [1.54, 1.807) is 18.2 Å². The Bertz CT molecular complexity index is 1330. The topological polar surface area (TPSA) is 180 Å². The number of fused-ring (bicyclic) bond motifs is 1. The summed E-state index contributed by atoms with van der Waals surface area (Å²) in [5.41, 5.74) is 7.64. The molecule has 6 N–H and O–H groups in total. The molecule has 12 heteroatoms. The number of allylic oxidation sites excluding steroid dienone is 2. The molecule has 2 aromatic rings. The smallest absolute Gasteiger partial charge is 0.307 e. The van der Waals surface area contributed by atoms with Crippen LogP contribution in [0.1, 0.15) is 80.4 Å². The third kappa shape index (κ3) is 12.8. The summed E-state index contributed by atoms with van der Waals surface area (Å²) in [6.45, 7) is 15.0. The van der Waals surface area contributed by atoms with Gasteiger partial charge in [0.25, 0.3) is 11.8 Å². The summed E-state index contributed by atoms with van der Waals surface area (Å²) < 4.78 is 5.71. The Morgan fingerprint density at radius 2 is 1.89 bits per heavy atom. The fourth-order valence-corrected chi connectivity index (χ4v) is 4.09. The van der Waals surface area contributed by atoms with Gasteiger partial charge in [-0.2, -0.15) is 5.10 Å². The highest BCUT2D eigenvalue weighted by molar-refractivity contribution is 5.99. The summed E-state index contributed by atoms with van der Waals surface area (Å²) >= 11 is 0. The van der Waals surface area contributed by atoms with Crippen LogP contribution in [0, 0.1) is 0 Å². The number of hydrogen-bond acceptors (Lipinski definition) is 8. The molecule has 1 aromatic heterocycles. The molecule has 3 rings (SSSR count). The monoisotopic (exact) mass is 624 g/mol. The van der Waals surface area contributed by atoms with Gasteiger partial charge in [-0.05, 0) is 37.5 Å². The van der Waals surface area contributed by atoms with Gasteiger partial charge in [0, 0.05) is 30.8 Å². The number of carbonyl (C=O) groups is 4. The second-order valence-electron chi connectivity index (χ2n) is 9.40. The average Bonchev–Trinajstić information content (AvgIpc) is 3.56. The van der Waals surface area contributed by atoms with E-state index in [0.29, 0.717) is 37.3 Å². The highest BCUT2D eigenvalue weighted by atomic mass is 16.5. The van der Waals surface area contributed by atoms with Crippen LogP contribution in [0.5, 0.6) is 5.75 Å². The minimum absolute atomic E-state index is 0.0508. The number of nitrogens with one attached hydrogen (secondary N) is 3. The molecule has 0 radical (unpaired) electrons. The van der Waals surface area contributed by atoms with Gasteiger partial charge in [0.15, 0.2) is 11.5 Å². The van der Waals surface area contributed by atoms with Crippen molar-refractivity contribution in [2.75, 3.05) is 31.1 Å². The number of aromatic nitrogens is 2. The summed E-state index contributed by atoms with van der Waals surface area (Å²) in [6, 6.07) is 6.58. The van der Waals surface area contributed by atoms with Crippen molar-refractivity contribution in [2.24, 2.45) is 5.73 Å². The molecule has 0 aliphatic carbocycles. The third-order valence-electron chi connectivity index (χ3n) is 6.31. The van der Waals surface area contributed by atoms with E-state index < -0.39 is 17.8 Å².